The Kier molecular flexibility index (Phi) is 6.27. The van der Waals surface area contributed by atoms with Crippen LogP contribution in [0.4, 0.5) is 0 Å². The molecule has 0 radical (unpaired) electrons. The summed E-state index contributed by atoms with van der Waals surface area (Å²) in [6.45, 7) is 7.37. The molecule has 64 valence electrons. The zero-order valence-corrected chi connectivity index (χ0v) is 8.03. The molecule has 0 fully saturated rings. The Morgan fingerprint density at radius 3 is 2.91 bits per heavy atom. The number of aliphatic imine (C=N–C) groups is 1. The van der Waals surface area contributed by atoms with Gasteiger partial charge in [0.15, 0.2) is 0 Å². The zero-order valence-electron chi connectivity index (χ0n) is 7.21. The molecule has 0 aliphatic carbocycles. The van der Waals surface area contributed by atoms with Gasteiger partial charge in [-0.05, 0) is 38.1 Å². The Balaban J connectivity index is 3.33. The Hall–Kier alpha value is -0.280. The Morgan fingerprint density at radius 2 is 2.45 bits per heavy atom. The van der Waals surface area contributed by atoms with Crippen LogP contribution in [0.5, 0.6) is 0 Å². The third kappa shape index (κ3) is 7.62. The standard InChI is InChI=1S/C8H16N2S/c1-7(9)4-5-11-6-8(2)10-3/h6-7H,3-5,9H2,1-2H3/b8-6-. The van der Waals surface area contributed by atoms with Crippen molar-refractivity contribution in [2.45, 2.75) is 26.3 Å². The highest BCUT2D eigenvalue weighted by molar-refractivity contribution is 8.02. The van der Waals surface area contributed by atoms with Gasteiger partial charge in [-0.2, -0.15) is 0 Å². The van der Waals surface area contributed by atoms with E-state index in [4.69, 9.17) is 5.73 Å². The van der Waals surface area contributed by atoms with Crippen LogP contribution < -0.4 is 5.73 Å². The first-order valence-electron chi connectivity index (χ1n) is 3.67. The van der Waals surface area contributed by atoms with Crippen molar-refractivity contribution in [3.05, 3.63) is 11.1 Å². The third-order valence-corrected chi connectivity index (χ3v) is 2.17. The fourth-order valence-electron chi connectivity index (χ4n) is 0.471. The Morgan fingerprint density at radius 1 is 1.82 bits per heavy atom. The first-order valence-corrected chi connectivity index (χ1v) is 4.72. The van der Waals surface area contributed by atoms with Gasteiger partial charge < -0.3 is 5.73 Å². The molecule has 0 bridgehead atoms. The number of rotatable bonds is 5. The first-order chi connectivity index (χ1) is 5.16. The molecule has 11 heavy (non-hydrogen) atoms. The molecule has 1 unspecified atom stereocenters. The van der Waals surface area contributed by atoms with E-state index in [2.05, 4.69) is 11.7 Å². The highest BCUT2D eigenvalue weighted by atomic mass is 32.2. The summed E-state index contributed by atoms with van der Waals surface area (Å²) >= 11 is 1.74. The molecule has 0 saturated carbocycles. The average molecular weight is 172 g/mol. The predicted octanol–water partition coefficient (Wildman–Crippen LogP) is 2.02. The van der Waals surface area contributed by atoms with E-state index in [1.807, 2.05) is 19.3 Å². The second-order valence-electron chi connectivity index (χ2n) is 2.55. The van der Waals surface area contributed by atoms with Gasteiger partial charge in [0.2, 0.25) is 0 Å². The smallest absolute Gasteiger partial charge is 0.0428 e. The minimum absolute atomic E-state index is 0.299. The molecular formula is C8H16N2S. The fraction of sp³-hybridized carbons (Fsp3) is 0.625. The van der Waals surface area contributed by atoms with E-state index >= 15 is 0 Å². The molecule has 0 aliphatic rings. The van der Waals surface area contributed by atoms with Gasteiger partial charge in [0, 0.05) is 11.7 Å². The maximum Gasteiger partial charge on any atom is 0.0428 e. The molecule has 0 aliphatic heterocycles. The third-order valence-electron chi connectivity index (χ3n) is 1.19. The lowest BCUT2D eigenvalue weighted by atomic mass is 10.3. The van der Waals surface area contributed by atoms with Crippen molar-refractivity contribution in [1.29, 1.82) is 0 Å². The van der Waals surface area contributed by atoms with E-state index in [1.54, 1.807) is 11.8 Å². The molecule has 2 nitrogen and oxygen atoms in total. The second kappa shape index (κ2) is 6.43. The predicted molar refractivity (Wildman–Crippen MR) is 54.0 cm³/mol. The highest BCUT2D eigenvalue weighted by Crippen LogP contribution is 2.09. The van der Waals surface area contributed by atoms with Gasteiger partial charge in [-0.1, -0.05) is 0 Å². The second-order valence-corrected chi connectivity index (χ2v) is 3.53. The van der Waals surface area contributed by atoms with Crippen molar-refractivity contribution in [3.8, 4) is 0 Å². The van der Waals surface area contributed by atoms with Crippen LogP contribution in [0.3, 0.4) is 0 Å². The molecule has 1 atom stereocenters. The minimum Gasteiger partial charge on any atom is -0.328 e. The van der Waals surface area contributed by atoms with Crippen molar-refractivity contribution in [1.82, 2.24) is 0 Å². The lowest BCUT2D eigenvalue weighted by Crippen LogP contribution is -2.14. The summed E-state index contributed by atoms with van der Waals surface area (Å²) in [5, 5.41) is 2.01. The van der Waals surface area contributed by atoms with Gasteiger partial charge in [-0.25, -0.2) is 0 Å². The molecule has 0 aromatic carbocycles. The molecule has 0 amide bonds. The SMILES string of the molecule is C=N/C(C)=C\SCCC(C)N. The van der Waals surface area contributed by atoms with Crippen molar-refractivity contribution < 1.29 is 0 Å². The van der Waals surface area contributed by atoms with Gasteiger partial charge in [-0.15, -0.1) is 11.8 Å². The largest absolute Gasteiger partial charge is 0.328 e. The summed E-state index contributed by atoms with van der Waals surface area (Å²) < 4.78 is 0. The Labute approximate surface area is 73.0 Å². The van der Waals surface area contributed by atoms with Crippen molar-refractivity contribution >= 4 is 18.5 Å². The van der Waals surface area contributed by atoms with Crippen LogP contribution in [0.25, 0.3) is 0 Å². The summed E-state index contributed by atoms with van der Waals surface area (Å²) in [6, 6.07) is 0.299. The molecule has 0 saturated heterocycles. The maximum absolute atomic E-state index is 5.57. The molecule has 3 heteroatoms. The van der Waals surface area contributed by atoms with E-state index in [0.717, 1.165) is 17.9 Å². The first kappa shape index (κ1) is 10.7. The van der Waals surface area contributed by atoms with E-state index in [-0.39, 0.29) is 0 Å². The number of allylic oxidation sites excluding steroid dienone is 1. The summed E-state index contributed by atoms with van der Waals surface area (Å²) in [5.74, 6) is 1.06. The van der Waals surface area contributed by atoms with E-state index in [9.17, 15) is 0 Å². The normalized spacial score (nSPS) is 14.6. The average Bonchev–Trinajstić information content (AvgIpc) is 1.97. The molecule has 0 aromatic rings. The van der Waals surface area contributed by atoms with Crippen LogP contribution in [-0.2, 0) is 0 Å². The summed E-state index contributed by atoms with van der Waals surface area (Å²) in [5.41, 5.74) is 6.54. The van der Waals surface area contributed by atoms with Crippen molar-refractivity contribution in [2.24, 2.45) is 10.7 Å². The number of nitrogens with two attached hydrogens (primary N) is 1. The van der Waals surface area contributed by atoms with Gasteiger partial charge in [0.25, 0.3) is 0 Å². The minimum atomic E-state index is 0.299. The molecular weight excluding hydrogens is 156 g/mol. The maximum atomic E-state index is 5.57. The van der Waals surface area contributed by atoms with E-state index in [0.29, 0.717) is 6.04 Å². The number of thioether (sulfide) groups is 1. The fourth-order valence-corrected chi connectivity index (χ4v) is 1.41. The summed E-state index contributed by atoms with van der Waals surface area (Å²) in [4.78, 5) is 3.76. The molecule has 0 aromatic heterocycles. The summed E-state index contributed by atoms with van der Waals surface area (Å²) in [7, 11) is 0. The Bertz CT molecular complexity index is 141. The molecule has 0 spiro atoms. The lowest BCUT2D eigenvalue weighted by molar-refractivity contribution is 0.722. The van der Waals surface area contributed by atoms with E-state index < -0.39 is 0 Å². The zero-order chi connectivity index (χ0) is 8.69. The number of hydrogen-bond acceptors (Lipinski definition) is 3. The van der Waals surface area contributed by atoms with Crippen LogP contribution in [-0.4, -0.2) is 18.5 Å². The molecule has 0 rings (SSSR count). The van der Waals surface area contributed by atoms with Gasteiger partial charge in [0.1, 0.15) is 0 Å². The van der Waals surface area contributed by atoms with E-state index in [1.165, 1.54) is 0 Å². The van der Waals surface area contributed by atoms with Crippen molar-refractivity contribution in [3.63, 3.8) is 0 Å². The van der Waals surface area contributed by atoms with Crippen LogP contribution in [0.15, 0.2) is 16.1 Å². The van der Waals surface area contributed by atoms with Gasteiger partial charge in [0.05, 0.1) is 0 Å². The van der Waals surface area contributed by atoms with Gasteiger partial charge >= 0.3 is 0 Å². The molecule has 0 heterocycles. The van der Waals surface area contributed by atoms with Crippen LogP contribution >= 0.6 is 11.8 Å². The van der Waals surface area contributed by atoms with Crippen LogP contribution in [0, 0.1) is 0 Å². The van der Waals surface area contributed by atoms with Crippen molar-refractivity contribution in [2.75, 3.05) is 5.75 Å². The highest BCUT2D eigenvalue weighted by Gasteiger charge is 1.91. The number of hydrogen-bond donors (Lipinski definition) is 1. The number of nitrogens with zero attached hydrogens (tertiary/aromatic N) is 1. The quantitative estimate of drug-likeness (QED) is 0.509. The van der Waals surface area contributed by atoms with Crippen LogP contribution in [0.1, 0.15) is 20.3 Å². The topological polar surface area (TPSA) is 38.4 Å². The van der Waals surface area contributed by atoms with Gasteiger partial charge in [-0.3, -0.25) is 4.99 Å². The summed E-state index contributed by atoms with van der Waals surface area (Å²) in [6.07, 6.45) is 1.05. The monoisotopic (exact) mass is 172 g/mol. The molecule has 2 N–H and O–H groups in total. The van der Waals surface area contributed by atoms with Crippen LogP contribution in [0.2, 0.25) is 0 Å². The lowest BCUT2D eigenvalue weighted by Gasteiger charge is -2.01.